The number of amides is 1. The topological polar surface area (TPSA) is 152 Å². The van der Waals surface area contributed by atoms with Crippen molar-refractivity contribution in [3.8, 4) is 0 Å². The van der Waals surface area contributed by atoms with Crippen molar-refractivity contribution in [1.29, 1.82) is 0 Å². The summed E-state index contributed by atoms with van der Waals surface area (Å²) in [6.45, 7) is 6.47. The first-order chi connectivity index (χ1) is 20.7. The zero-order chi connectivity index (χ0) is 32.4. The van der Waals surface area contributed by atoms with Crippen LogP contribution in [0.2, 0.25) is 0 Å². The lowest BCUT2D eigenvalue weighted by atomic mass is 9.96. The number of esters is 1. The van der Waals surface area contributed by atoms with E-state index in [1.165, 1.54) is 27.2 Å². The Bertz CT molecular complexity index is 1840. The molecule has 1 aromatic heterocycles. The Kier molecular flexibility index (Phi) is 9.43. The van der Waals surface area contributed by atoms with Gasteiger partial charge in [0.15, 0.2) is 10.6 Å². The minimum Gasteiger partial charge on any atom is -0.468 e. The molecule has 3 aromatic rings. The summed E-state index contributed by atoms with van der Waals surface area (Å²) in [7, 11) is -5.52. The molecule has 0 fully saturated rings. The van der Waals surface area contributed by atoms with E-state index in [-0.39, 0.29) is 23.5 Å². The Hall–Kier alpha value is -3.94. The Morgan fingerprint density at radius 3 is 2.32 bits per heavy atom. The average molecular weight is 644 g/mol. The first-order valence-electron chi connectivity index (χ1n) is 14.0. The molecule has 0 bridgehead atoms. The number of methoxy groups -OCH3 is 1. The number of aryl methyl sites for hydroxylation is 1. The Morgan fingerprint density at radius 2 is 1.75 bits per heavy atom. The number of hydrogen-bond acceptors (Lipinski definition) is 8. The first-order valence-corrected chi connectivity index (χ1v) is 17.1. The van der Waals surface area contributed by atoms with Gasteiger partial charge >= 0.3 is 5.97 Å². The third-order valence-corrected chi connectivity index (χ3v) is 11.4. The number of carbonyl (C=O) groups excluding carboxylic acids is 2. The van der Waals surface area contributed by atoms with Gasteiger partial charge in [0.1, 0.15) is 11.6 Å². The lowest BCUT2D eigenvalue weighted by molar-refractivity contribution is -0.143. The second-order valence-electron chi connectivity index (χ2n) is 10.8. The fourth-order valence-electron chi connectivity index (χ4n) is 5.03. The Morgan fingerprint density at radius 1 is 1.07 bits per heavy atom. The van der Waals surface area contributed by atoms with Gasteiger partial charge in [-0.05, 0) is 49.1 Å². The Balaban J connectivity index is 1.78. The molecule has 44 heavy (non-hydrogen) atoms. The van der Waals surface area contributed by atoms with Crippen LogP contribution < -0.4 is 14.3 Å². The summed E-state index contributed by atoms with van der Waals surface area (Å²) in [4.78, 5) is 24.4. The van der Waals surface area contributed by atoms with Crippen molar-refractivity contribution in [3.63, 3.8) is 0 Å². The predicted molar refractivity (Wildman–Crippen MR) is 170 cm³/mol. The van der Waals surface area contributed by atoms with Crippen LogP contribution in [0, 0.1) is 12.8 Å². The van der Waals surface area contributed by atoms with Crippen LogP contribution in [0.3, 0.4) is 0 Å². The average Bonchev–Trinajstić information content (AvgIpc) is 3.36. The van der Waals surface area contributed by atoms with E-state index in [0.29, 0.717) is 16.6 Å². The van der Waals surface area contributed by atoms with Gasteiger partial charge in [0.05, 0.1) is 18.6 Å². The molecule has 1 amide bonds. The molecule has 1 aliphatic carbocycles. The van der Waals surface area contributed by atoms with Crippen molar-refractivity contribution in [2.45, 2.75) is 45.0 Å². The van der Waals surface area contributed by atoms with Crippen molar-refractivity contribution in [3.05, 3.63) is 83.6 Å². The van der Waals surface area contributed by atoms with Crippen LogP contribution in [-0.2, 0) is 29.6 Å². The van der Waals surface area contributed by atoms with E-state index in [0.717, 1.165) is 15.4 Å². The quantitative estimate of drug-likeness (QED) is 0.296. The number of rotatable bonds is 11. The van der Waals surface area contributed by atoms with E-state index >= 15 is 0 Å². The molecule has 236 valence electrons. The summed E-state index contributed by atoms with van der Waals surface area (Å²) in [5, 5.41) is 3.06. The van der Waals surface area contributed by atoms with Crippen LogP contribution in [0.4, 0.5) is 5.69 Å². The summed E-state index contributed by atoms with van der Waals surface area (Å²) in [5.41, 5.74) is 2.52. The number of ether oxygens (including phenoxy) is 1. The Labute approximate surface area is 258 Å². The third kappa shape index (κ3) is 6.17. The molecule has 0 saturated carbocycles. The molecule has 1 unspecified atom stereocenters. The van der Waals surface area contributed by atoms with Gasteiger partial charge in [-0.25, -0.2) is 16.8 Å². The lowest BCUT2D eigenvalue weighted by Gasteiger charge is -2.34. The van der Waals surface area contributed by atoms with Gasteiger partial charge in [-0.1, -0.05) is 62.4 Å². The molecule has 0 radical (unpaired) electrons. The van der Waals surface area contributed by atoms with Crippen LogP contribution >= 0.6 is 0 Å². The summed E-state index contributed by atoms with van der Waals surface area (Å²) in [6, 6.07) is 12.9. The monoisotopic (exact) mass is 643 g/mol. The highest BCUT2D eigenvalue weighted by atomic mass is 32.2. The van der Waals surface area contributed by atoms with Crippen molar-refractivity contribution >= 4 is 54.2 Å². The van der Waals surface area contributed by atoms with Crippen molar-refractivity contribution in [2.75, 3.05) is 24.2 Å². The number of benzene rings is 2. The molecule has 2 aromatic carbocycles. The second kappa shape index (κ2) is 12.6. The molecule has 2 N–H and O–H groups in total. The lowest BCUT2D eigenvalue weighted by Crippen LogP contribution is -2.60. The number of sulfonamides is 2. The van der Waals surface area contributed by atoms with Gasteiger partial charge in [0.2, 0.25) is 20.0 Å². The number of anilines is 1. The predicted octanol–water partition coefficient (Wildman–Crippen LogP) is 4.11. The summed E-state index contributed by atoms with van der Waals surface area (Å²) < 4.78 is 67.8. The number of allylic oxidation sites excluding steroid dienone is 2. The van der Waals surface area contributed by atoms with E-state index < -0.39 is 48.8 Å². The molecule has 1 heterocycles. The molecule has 2 atom stereocenters. The van der Waals surface area contributed by atoms with Crippen LogP contribution in [0.1, 0.15) is 48.9 Å². The van der Waals surface area contributed by atoms with Crippen molar-refractivity contribution < 1.29 is 35.6 Å². The van der Waals surface area contributed by atoms with E-state index in [2.05, 4.69) is 10.0 Å². The molecule has 0 aliphatic heterocycles. The number of hydrogen-bond donors (Lipinski definition) is 2. The molecule has 13 heteroatoms. The minimum absolute atomic E-state index is 0.134. The van der Waals surface area contributed by atoms with E-state index in [1.54, 1.807) is 51.1 Å². The van der Waals surface area contributed by atoms with Crippen molar-refractivity contribution in [1.82, 2.24) is 10.0 Å². The van der Waals surface area contributed by atoms with Gasteiger partial charge in [-0.3, -0.25) is 13.9 Å². The van der Waals surface area contributed by atoms with Gasteiger partial charge < -0.3 is 14.5 Å². The van der Waals surface area contributed by atoms with E-state index in [1.807, 2.05) is 30.3 Å². The second-order valence-corrected chi connectivity index (χ2v) is 15.1. The number of furan rings is 1. The third-order valence-electron chi connectivity index (χ3n) is 7.73. The molecule has 0 saturated heterocycles. The number of carbonyl (C=O) groups is 2. The highest BCUT2D eigenvalue weighted by Gasteiger charge is 2.47. The fourth-order valence-corrected chi connectivity index (χ4v) is 7.56. The molecule has 4 rings (SSSR count). The van der Waals surface area contributed by atoms with Crippen LogP contribution in [0.15, 0.2) is 71.2 Å². The SMILES string of the molecule is CCS(=O)(=O)N(C)c1cccc2oc(C(=O)NC3(S(=O)(=O)N[C@H](C(=O)OC)C(C)C)C=CC(c4ccccc4)=CC3)c(C)c12. The maximum atomic E-state index is 14.1. The van der Waals surface area contributed by atoms with Crippen molar-refractivity contribution in [2.24, 2.45) is 5.92 Å². The number of nitrogens with zero attached hydrogens (tertiary/aromatic N) is 1. The summed E-state index contributed by atoms with van der Waals surface area (Å²) >= 11 is 0. The minimum atomic E-state index is -4.48. The molecule has 1 aliphatic rings. The summed E-state index contributed by atoms with van der Waals surface area (Å²) in [6.07, 6.45) is 4.53. The first kappa shape index (κ1) is 33.0. The zero-order valence-electron chi connectivity index (χ0n) is 25.4. The van der Waals surface area contributed by atoms with Gasteiger partial charge in [0.25, 0.3) is 5.91 Å². The van der Waals surface area contributed by atoms with Gasteiger partial charge in [-0.15, -0.1) is 0 Å². The standard InChI is InChI=1S/C31H37N3O8S2/c1-7-43(37,38)34(5)24-14-11-15-25-26(24)21(4)28(42-25)29(35)32-31(44(39,40)33-27(20(2)3)30(36)41-6)18-16-23(17-19-31)22-12-9-8-10-13-22/h8-18,20,27,33H,7,19H2,1-6H3,(H,32,35)/t27-,31?/m0/s1. The normalized spacial score (nSPS) is 17.8. The largest absolute Gasteiger partial charge is 0.468 e. The summed E-state index contributed by atoms with van der Waals surface area (Å²) in [5.74, 6) is -2.37. The van der Waals surface area contributed by atoms with Gasteiger partial charge in [-0.2, -0.15) is 4.72 Å². The van der Waals surface area contributed by atoms with E-state index in [4.69, 9.17) is 9.15 Å². The molecule has 0 spiro atoms. The zero-order valence-corrected chi connectivity index (χ0v) is 27.1. The number of nitrogens with one attached hydrogen (secondary N) is 2. The number of fused-ring (bicyclic) bond motifs is 1. The van der Waals surface area contributed by atoms with Gasteiger partial charge in [0, 0.05) is 24.4 Å². The van der Waals surface area contributed by atoms with Crippen LogP contribution in [0.25, 0.3) is 16.5 Å². The van der Waals surface area contributed by atoms with E-state index in [9.17, 15) is 26.4 Å². The van der Waals surface area contributed by atoms with Crippen LogP contribution in [-0.4, -0.2) is 59.5 Å². The van der Waals surface area contributed by atoms with Crippen LogP contribution in [0.5, 0.6) is 0 Å². The maximum absolute atomic E-state index is 14.1. The smallest absolute Gasteiger partial charge is 0.324 e. The highest BCUT2D eigenvalue weighted by molar-refractivity contribution is 7.92. The maximum Gasteiger partial charge on any atom is 0.324 e. The molecular formula is C31H37N3O8S2. The molecular weight excluding hydrogens is 606 g/mol. The molecule has 11 nitrogen and oxygen atoms in total. The fraction of sp³-hybridized carbons (Fsp3) is 0.355. The highest BCUT2D eigenvalue weighted by Crippen LogP contribution is 2.36.